The molecule has 76 valence electrons. The molecule has 2 nitrogen and oxygen atoms in total. The van der Waals surface area contributed by atoms with E-state index >= 15 is 0 Å². The molecular formula is C13H8N2S. The van der Waals surface area contributed by atoms with Crippen molar-refractivity contribution in [3.05, 3.63) is 40.4 Å². The van der Waals surface area contributed by atoms with Crippen LogP contribution in [0, 0.1) is 0 Å². The van der Waals surface area contributed by atoms with Gasteiger partial charge in [-0.2, -0.15) is 0 Å². The van der Waals surface area contributed by atoms with E-state index in [1.807, 2.05) is 24.2 Å². The van der Waals surface area contributed by atoms with Crippen LogP contribution in [0.5, 0.6) is 0 Å². The standard InChI is InChI=1S/C13H8N2S/c1-2-10-9(11-6-14-5-8(1)11)3-4-12-13(10)16-7-15-12/h1-6H,7H2. The molecule has 0 unspecified atom stereocenters. The lowest BCUT2D eigenvalue weighted by Crippen LogP contribution is -2.07. The normalized spacial score (nSPS) is 15.8. The van der Waals surface area contributed by atoms with Gasteiger partial charge < -0.3 is 0 Å². The summed E-state index contributed by atoms with van der Waals surface area (Å²) in [6.45, 7) is 0. The Morgan fingerprint density at radius 2 is 2.00 bits per heavy atom. The van der Waals surface area contributed by atoms with Crippen molar-refractivity contribution in [3.63, 3.8) is 0 Å². The molecule has 0 spiro atoms. The number of rotatable bonds is 0. The molecule has 0 aliphatic carbocycles. The van der Waals surface area contributed by atoms with Gasteiger partial charge in [-0.25, -0.2) is 0 Å². The number of thioether (sulfide) groups is 1. The lowest BCUT2D eigenvalue weighted by Gasteiger charge is -2.03. The lowest BCUT2D eigenvalue weighted by molar-refractivity contribution is 1.23. The van der Waals surface area contributed by atoms with Gasteiger partial charge in [-0.15, -0.1) is 0 Å². The van der Waals surface area contributed by atoms with Crippen LogP contribution < -0.4 is 10.6 Å². The predicted molar refractivity (Wildman–Crippen MR) is 67.5 cm³/mol. The van der Waals surface area contributed by atoms with Crippen molar-refractivity contribution in [2.75, 3.05) is 5.88 Å². The Labute approximate surface area is 96.4 Å². The average molecular weight is 224 g/mol. The van der Waals surface area contributed by atoms with E-state index in [1.54, 1.807) is 0 Å². The second-order valence-corrected chi connectivity index (χ2v) is 4.87. The van der Waals surface area contributed by atoms with E-state index in [2.05, 4.69) is 34.3 Å². The van der Waals surface area contributed by atoms with E-state index in [4.69, 9.17) is 0 Å². The summed E-state index contributed by atoms with van der Waals surface area (Å²) in [5.41, 5.74) is 1.24. The third-order valence-electron chi connectivity index (χ3n) is 3.07. The quantitative estimate of drug-likeness (QED) is 0.668. The topological polar surface area (TPSA) is 24.7 Å². The highest BCUT2D eigenvalue weighted by Crippen LogP contribution is 2.28. The molecule has 2 aromatic rings. The molecule has 4 rings (SSSR count). The van der Waals surface area contributed by atoms with Gasteiger partial charge in [0.2, 0.25) is 0 Å². The number of nitrogens with zero attached hydrogens (tertiary/aromatic N) is 2. The first-order chi connectivity index (χ1) is 7.93. The minimum Gasteiger partial charge on any atom is -0.273 e. The molecule has 3 heteroatoms. The first kappa shape index (κ1) is 8.53. The highest BCUT2D eigenvalue weighted by molar-refractivity contribution is 7.99. The van der Waals surface area contributed by atoms with Crippen LogP contribution in [0.25, 0.3) is 17.0 Å². The summed E-state index contributed by atoms with van der Waals surface area (Å²) in [6.07, 6.45) is 3.86. The second kappa shape index (κ2) is 2.95. The highest BCUT2D eigenvalue weighted by Gasteiger charge is 2.12. The van der Waals surface area contributed by atoms with Gasteiger partial charge in [0.1, 0.15) is 0 Å². The maximum absolute atomic E-state index is 4.46. The maximum atomic E-state index is 4.46. The summed E-state index contributed by atoms with van der Waals surface area (Å²) in [5, 5.41) is 4.95. The Hall–Kier alpha value is -1.61. The van der Waals surface area contributed by atoms with E-state index in [-0.39, 0.29) is 0 Å². The molecule has 0 fully saturated rings. The average Bonchev–Trinajstić information content (AvgIpc) is 2.96. The predicted octanol–water partition coefficient (Wildman–Crippen LogP) is 1.69. The molecule has 0 radical (unpaired) electrons. The molecular weight excluding hydrogens is 216 g/mol. The van der Waals surface area contributed by atoms with Gasteiger partial charge in [0.15, 0.2) is 0 Å². The monoisotopic (exact) mass is 224 g/mol. The van der Waals surface area contributed by atoms with Gasteiger partial charge in [-0.3, -0.25) is 9.98 Å². The van der Waals surface area contributed by atoms with Crippen molar-refractivity contribution in [1.82, 2.24) is 0 Å². The zero-order valence-electron chi connectivity index (χ0n) is 8.47. The molecule has 2 aliphatic heterocycles. The minimum atomic E-state index is 0.853. The highest BCUT2D eigenvalue weighted by atomic mass is 32.2. The lowest BCUT2D eigenvalue weighted by atomic mass is 10.0. The van der Waals surface area contributed by atoms with E-state index in [0.717, 1.165) is 11.2 Å². The van der Waals surface area contributed by atoms with Crippen molar-refractivity contribution >= 4 is 34.9 Å². The van der Waals surface area contributed by atoms with Crippen LogP contribution in [0.3, 0.4) is 0 Å². The van der Waals surface area contributed by atoms with E-state index < -0.39 is 0 Å². The van der Waals surface area contributed by atoms with E-state index in [0.29, 0.717) is 0 Å². The van der Waals surface area contributed by atoms with Crippen molar-refractivity contribution in [2.24, 2.45) is 9.98 Å². The van der Waals surface area contributed by atoms with Crippen molar-refractivity contribution in [2.45, 2.75) is 4.90 Å². The molecule has 16 heavy (non-hydrogen) atoms. The van der Waals surface area contributed by atoms with E-state index in [1.165, 1.54) is 26.5 Å². The fourth-order valence-electron chi connectivity index (χ4n) is 2.30. The number of hydrogen-bond acceptors (Lipinski definition) is 3. The Morgan fingerprint density at radius 3 is 3.00 bits per heavy atom. The molecule has 2 aliphatic rings. The molecule has 0 atom stereocenters. The fourth-order valence-corrected chi connectivity index (χ4v) is 3.24. The van der Waals surface area contributed by atoms with Gasteiger partial charge in [-0.1, -0.05) is 30.0 Å². The SMILES string of the molecule is C1=NC=c2ccc3c4c(ccc3c21)=NCS4. The molecule has 0 amide bonds. The van der Waals surface area contributed by atoms with Crippen molar-refractivity contribution in [3.8, 4) is 0 Å². The summed E-state index contributed by atoms with van der Waals surface area (Å²) in [6, 6.07) is 8.60. The molecule has 0 aromatic heterocycles. The zero-order chi connectivity index (χ0) is 10.5. The molecule has 2 heterocycles. The Bertz CT molecular complexity index is 760. The van der Waals surface area contributed by atoms with Gasteiger partial charge in [0.05, 0.1) is 11.2 Å². The van der Waals surface area contributed by atoms with Crippen LogP contribution in [0.15, 0.2) is 39.1 Å². The molecule has 0 saturated heterocycles. The summed E-state index contributed by atoms with van der Waals surface area (Å²) in [7, 11) is 0. The second-order valence-electron chi connectivity index (χ2n) is 3.92. The van der Waals surface area contributed by atoms with Crippen LogP contribution in [-0.2, 0) is 0 Å². The Morgan fingerprint density at radius 1 is 1.06 bits per heavy atom. The van der Waals surface area contributed by atoms with Gasteiger partial charge in [0, 0.05) is 28.1 Å². The van der Waals surface area contributed by atoms with Crippen LogP contribution >= 0.6 is 11.8 Å². The van der Waals surface area contributed by atoms with Crippen LogP contribution in [0.1, 0.15) is 5.56 Å². The molecule has 0 bridgehead atoms. The summed E-state index contributed by atoms with van der Waals surface area (Å²) < 4.78 is 0. The van der Waals surface area contributed by atoms with Crippen molar-refractivity contribution in [1.29, 1.82) is 0 Å². The van der Waals surface area contributed by atoms with Gasteiger partial charge in [0.25, 0.3) is 0 Å². The van der Waals surface area contributed by atoms with Crippen LogP contribution in [-0.4, -0.2) is 12.1 Å². The fraction of sp³-hybridized carbons (Fsp3) is 0.0769. The number of fused-ring (bicyclic) bond motifs is 5. The van der Waals surface area contributed by atoms with Crippen LogP contribution in [0.2, 0.25) is 0 Å². The summed E-state index contributed by atoms with van der Waals surface area (Å²) in [4.78, 5) is 10.00. The largest absolute Gasteiger partial charge is 0.273 e. The van der Waals surface area contributed by atoms with Gasteiger partial charge in [-0.05, 0) is 16.8 Å². The molecule has 0 saturated carbocycles. The number of benzene rings is 2. The number of aliphatic imine (C=N–C) groups is 1. The third kappa shape index (κ3) is 0.985. The van der Waals surface area contributed by atoms with Gasteiger partial charge >= 0.3 is 0 Å². The van der Waals surface area contributed by atoms with Crippen molar-refractivity contribution < 1.29 is 0 Å². The third-order valence-corrected chi connectivity index (χ3v) is 4.04. The first-order valence-corrected chi connectivity index (χ1v) is 6.18. The molecule has 2 aromatic carbocycles. The minimum absolute atomic E-state index is 0.853. The maximum Gasteiger partial charge on any atom is 0.0898 e. The first-order valence-electron chi connectivity index (χ1n) is 5.20. The summed E-state index contributed by atoms with van der Waals surface area (Å²) >= 11 is 1.82. The van der Waals surface area contributed by atoms with Crippen LogP contribution in [0.4, 0.5) is 0 Å². The Balaban J connectivity index is 2.26. The molecule has 0 N–H and O–H groups in total. The summed E-state index contributed by atoms with van der Waals surface area (Å²) in [5.74, 6) is 0.853. The van der Waals surface area contributed by atoms with E-state index in [9.17, 15) is 0 Å². The zero-order valence-corrected chi connectivity index (χ0v) is 9.29. The number of hydrogen-bond donors (Lipinski definition) is 0. The Kier molecular flexibility index (Phi) is 1.57. The smallest absolute Gasteiger partial charge is 0.0898 e.